The summed E-state index contributed by atoms with van der Waals surface area (Å²) in [4.78, 5) is 29.4. The largest absolute Gasteiger partial charge is 0.467 e. The molecule has 2 N–H and O–H groups in total. The minimum atomic E-state index is -0.216. The van der Waals surface area contributed by atoms with Crippen LogP contribution in [0.4, 0.5) is 5.82 Å². The fraction of sp³-hybridized carbons (Fsp3) is 0.238. The van der Waals surface area contributed by atoms with Gasteiger partial charge in [-0.05, 0) is 24.3 Å². The van der Waals surface area contributed by atoms with Crippen molar-refractivity contribution in [2.75, 3.05) is 11.1 Å². The van der Waals surface area contributed by atoms with E-state index in [0.29, 0.717) is 28.9 Å². The van der Waals surface area contributed by atoms with E-state index in [1.54, 1.807) is 34.8 Å². The fourth-order valence-electron chi connectivity index (χ4n) is 3.32. The van der Waals surface area contributed by atoms with Gasteiger partial charge in [0.25, 0.3) is 5.22 Å². The van der Waals surface area contributed by atoms with Crippen molar-refractivity contribution in [3.05, 3.63) is 59.7 Å². The van der Waals surface area contributed by atoms with Crippen molar-refractivity contribution in [1.82, 2.24) is 20.1 Å². The van der Waals surface area contributed by atoms with Gasteiger partial charge in [-0.25, -0.2) is 9.67 Å². The monoisotopic (exact) mass is 469 g/mol. The van der Waals surface area contributed by atoms with Crippen LogP contribution in [0.3, 0.4) is 0 Å². The number of nitrogens with zero attached hydrogens (tertiary/aromatic N) is 3. The molecule has 0 unspecified atom stereocenters. The number of para-hydroxylation sites is 2. The lowest BCUT2D eigenvalue weighted by Gasteiger charge is -2.10. The highest BCUT2D eigenvalue weighted by atomic mass is 32.2. The molecule has 1 aromatic carbocycles. The van der Waals surface area contributed by atoms with Crippen LogP contribution in [0.1, 0.15) is 17.0 Å². The molecule has 4 aromatic rings. The Hall–Kier alpha value is -3.18. The number of hydrogen-bond donors (Lipinski definition) is 2. The van der Waals surface area contributed by atoms with Gasteiger partial charge in [-0.15, -0.1) is 0 Å². The average Bonchev–Trinajstić information content (AvgIpc) is 3.57. The Kier molecular flexibility index (Phi) is 5.91. The quantitative estimate of drug-likeness (QED) is 0.377. The number of fused-ring (bicyclic) bond motifs is 2. The zero-order valence-electron chi connectivity index (χ0n) is 16.9. The Balaban J connectivity index is 1.23. The molecule has 0 radical (unpaired) electrons. The summed E-state index contributed by atoms with van der Waals surface area (Å²) < 4.78 is 12.4. The highest BCUT2D eigenvalue weighted by molar-refractivity contribution is 7.99. The van der Waals surface area contributed by atoms with Gasteiger partial charge in [0, 0.05) is 17.1 Å². The van der Waals surface area contributed by atoms with Crippen LogP contribution in [0, 0.1) is 0 Å². The van der Waals surface area contributed by atoms with Crippen LogP contribution in [-0.4, -0.2) is 32.3 Å². The van der Waals surface area contributed by atoms with E-state index in [1.807, 2.05) is 24.3 Å². The van der Waals surface area contributed by atoms with Crippen LogP contribution in [-0.2, 0) is 34.2 Å². The predicted molar refractivity (Wildman–Crippen MR) is 121 cm³/mol. The highest BCUT2D eigenvalue weighted by Crippen LogP contribution is 2.35. The molecule has 0 aliphatic carbocycles. The van der Waals surface area contributed by atoms with Gasteiger partial charge in [0.15, 0.2) is 5.58 Å². The van der Waals surface area contributed by atoms with Gasteiger partial charge in [-0.2, -0.15) is 16.9 Å². The molecule has 4 heterocycles. The van der Waals surface area contributed by atoms with Gasteiger partial charge in [-0.3, -0.25) is 9.59 Å². The molecule has 5 rings (SSSR count). The van der Waals surface area contributed by atoms with E-state index in [1.165, 1.54) is 11.8 Å². The summed E-state index contributed by atoms with van der Waals surface area (Å²) in [6.07, 6.45) is 1.56. The molecule has 1 aliphatic heterocycles. The van der Waals surface area contributed by atoms with E-state index in [2.05, 4.69) is 20.7 Å². The van der Waals surface area contributed by atoms with Crippen LogP contribution in [0.25, 0.3) is 11.1 Å². The van der Waals surface area contributed by atoms with Crippen molar-refractivity contribution in [2.24, 2.45) is 0 Å². The van der Waals surface area contributed by atoms with E-state index in [0.717, 1.165) is 28.3 Å². The van der Waals surface area contributed by atoms with Crippen LogP contribution in [0.2, 0.25) is 0 Å². The zero-order valence-corrected chi connectivity index (χ0v) is 18.5. The number of aromatic nitrogens is 3. The maximum absolute atomic E-state index is 12.7. The van der Waals surface area contributed by atoms with Gasteiger partial charge in [0.2, 0.25) is 11.8 Å². The lowest BCUT2D eigenvalue weighted by molar-refractivity contribution is -0.122. The Bertz CT molecular complexity index is 1230. The highest BCUT2D eigenvalue weighted by Gasteiger charge is 2.25. The normalized spacial score (nSPS) is 12.8. The number of furan rings is 1. The Morgan fingerprint density at radius 2 is 2.06 bits per heavy atom. The third-order valence-corrected chi connectivity index (χ3v) is 6.61. The minimum absolute atomic E-state index is 0.00621. The molecule has 164 valence electrons. The van der Waals surface area contributed by atoms with E-state index in [4.69, 9.17) is 8.83 Å². The van der Waals surface area contributed by atoms with Crippen LogP contribution < -0.4 is 10.6 Å². The topological polar surface area (TPSA) is 115 Å². The van der Waals surface area contributed by atoms with Crippen molar-refractivity contribution in [3.63, 3.8) is 0 Å². The summed E-state index contributed by atoms with van der Waals surface area (Å²) >= 11 is 2.95. The fourth-order valence-corrected chi connectivity index (χ4v) is 4.99. The van der Waals surface area contributed by atoms with Crippen molar-refractivity contribution in [1.29, 1.82) is 0 Å². The average molecular weight is 470 g/mol. The third kappa shape index (κ3) is 4.53. The first-order valence-electron chi connectivity index (χ1n) is 9.89. The van der Waals surface area contributed by atoms with E-state index >= 15 is 0 Å². The van der Waals surface area contributed by atoms with E-state index in [9.17, 15) is 9.59 Å². The Morgan fingerprint density at radius 3 is 2.91 bits per heavy atom. The molecule has 0 bridgehead atoms. The standard InChI is InChI=1S/C21H19N5O4S2/c27-18(22-8-13-4-3-7-29-13)9-26-20(14-10-31-11-16(14)25-26)24-19(28)12-32-21-23-15-5-1-2-6-17(15)30-21/h1-7H,8-12H2,(H,22,27)(H,24,28). The van der Waals surface area contributed by atoms with Crippen molar-refractivity contribution >= 4 is 52.3 Å². The van der Waals surface area contributed by atoms with Crippen LogP contribution >= 0.6 is 23.5 Å². The van der Waals surface area contributed by atoms with Gasteiger partial charge >= 0.3 is 0 Å². The number of hydrogen-bond acceptors (Lipinski definition) is 8. The number of carbonyl (C=O) groups is 2. The number of oxazole rings is 1. The number of carbonyl (C=O) groups excluding carboxylic acids is 2. The summed E-state index contributed by atoms with van der Waals surface area (Å²) in [6, 6.07) is 11.0. The molecule has 32 heavy (non-hydrogen) atoms. The minimum Gasteiger partial charge on any atom is -0.467 e. The number of benzene rings is 1. The molecule has 3 aromatic heterocycles. The number of amides is 2. The maximum Gasteiger partial charge on any atom is 0.257 e. The predicted octanol–water partition coefficient (Wildman–Crippen LogP) is 3.41. The molecule has 9 nitrogen and oxygen atoms in total. The second-order valence-corrected chi connectivity index (χ2v) is 8.98. The van der Waals surface area contributed by atoms with Crippen molar-refractivity contribution in [2.45, 2.75) is 29.8 Å². The number of nitrogens with one attached hydrogen (secondary N) is 2. The Morgan fingerprint density at radius 1 is 1.16 bits per heavy atom. The molecule has 0 saturated carbocycles. The summed E-state index contributed by atoms with van der Waals surface area (Å²) in [7, 11) is 0. The maximum atomic E-state index is 12.7. The lowest BCUT2D eigenvalue weighted by Crippen LogP contribution is -2.29. The number of rotatable bonds is 8. The smallest absolute Gasteiger partial charge is 0.257 e. The molecular weight excluding hydrogens is 450 g/mol. The lowest BCUT2D eigenvalue weighted by atomic mass is 10.3. The summed E-state index contributed by atoms with van der Waals surface area (Å²) in [5, 5.41) is 10.7. The van der Waals surface area contributed by atoms with Gasteiger partial charge in [0.05, 0.1) is 24.3 Å². The first kappa shape index (κ1) is 20.7. The molecule has 2 amide bonds. The molecule has 0 saturated heterocycles. The molecule has 0 fully saturated rings. The first-order valence-corrected chi connectivity index (χ1v) is 12.0. The summed E-state index contributed by atoms with van der Waals surface area (Å²) in [5.41, 5.74) is 3.30. The molecule has 0 spiro atoms. The molecule has 1 aliphatic rings. The van der Waals surface area contributed by atoms with Gasteiger partial charge in [0.1, 0.15) is 23.6 Å². The third-order valence-electron chi connectivity index (χ3n) is 4.81. The first-order chi connectivity index (χ1) is 15.7. The van der Waals surface area contributed by atoms with Gasteiger partial charge in [-0.1, -0.05) is 23.9 Å². The molecule has 0 atom stereocenters. The van der Waals surface area contributed by atoms with E-state index < -0.39 is 0 Å². The summed E-state index contributed by atoms with van der Waals surface area (Å²) in [6.45, 7) is 0.303. The van der Waals surface area contributed by atoms with E-state index in [-0.39, 0.29) is 24.1 Å². The Labute approximate surface area is 191 Å². The van der Waals surface area contributed by atoms with Crippen molar-refractivity contribution < 1.29 is 18.4 Å². The SMILES string of the molecule is O=C(Cn1nc2c(c1NC(=O)CSc1nc3ccccc3o1)CSC2)NCc1ccco1. The molecule has 11 heteroatoms. The number of anilines is 1. The van der Waals surface area contributed by atoms with Gasteiger partial charge < -0.3 is 19.5 Å². The zero-order chi connectivity index (χ0) is 21.9. The van der Waals surface area contributed by atoms with Crippen LogP contribution in [0.5, 0.6) is 0 Å². The second-order valence-electron chi connectivity index (χ2n) is 7.06. The van der Waals surface area contributed by atoms with Crippen LogP contribution in [0.15, 0.2) is 56.7 Å². The van der Waals surface area contributed by atoms with Crippen molar-refractivity contribution in [3.8, 4) is 0 Å². The number of thioether (sulfide) groups is 2. The second kappa shape index (κ2) is 9.13. The molecular formula is C21H19N5O4S2. The summed E-state index contributed by atoms with van der Waals surface area (Å²) in [5.74, 6) is 2.45.